The summed E-state index contributed by atoms with van der Waals surface area (Å²) >= 11 is 0. The second-order valence-corrected chi connectivity index (χ2v) is 11.7. The number of amides is 2. The van der Waals surface area contributed by atoms with Crippen LogP contribution in [0.2, 0.25) is 0 Å². The highest BCUT2D eigenvalue weighted by atomic mass is 16.2. The summed E-state index contributed by atoms with van der Waals surface area (Å²) in [6.45, 7) is 5.09. The van der Waals surface area contributed by atoms with E-state index < -0.39 is 48.2 Å². The van der Waals surface area contributed by atoms with Gasteiger partial charge in [0.15, 0.2) is 0 Å². The lowest BCUT2D eigenvalue weighted by Crippen LogP contribution is -2.60. The second kappa shape index (κ2) is 23.0. The molecular formula is C30H57N13O4. The molecule has 0 aliphatic heterocycles. The first-order valence-electron chi connectivity index (χ1n) is 16.0. The molecule has 2 amide bonds. The standard InChI is InChI=1S/C30H57N13O4/c1-18(2)24(28(47)41-21(7-5-15-38-29(34)35)25(45)23(44)9-3-4-14-31)43-42-22(8-6-16-39-30(36)37)27(46)40-17-19-10-12-20(13-11-19)26(32)33/h10-13,18,21-22,24,29-30,38-39,42-43H,3-9,14-17,31,34-37H2,1-2H3,(H3,32,33)(H,40,46)(H,41,47)/t21-,22-,24-/m0/s1. The molecule has 1 aromatic carbocycles. The van der Waals surface area contributed by atoms with Gasteiger partial charge in [0, 0.05) is 18.5 Å². The van der Waals surface area contributed by atoms with Crippen molar-refractivity contribution in [3.05, 3.63) is 35.4 Å². The number of Topliss-reactive ketones (excluding diaryl/α,β-unsaturated/α-hetero) is 2. The van der Waals surface area contributed by atoms with Crippen molar-refractivity contribution in [1.82, 2.24) is 32.1 Å². The van der Waals surface area contributed by atoms with E-state index in [2.05, 4.69) is 32.1 Å². The molecule has 1 rings (SSSR count). The SMILES string of the molecule is CC(C)[C@H](NN[C@@H](CCCNC(N)N)C(=O)NCc1ccc(C(=N)N)cc1)C(=O)N[C@@H](CCCNC(N)N)C(=O)C(=O)CCCCN. The van der Waals surface area contributed by atoms with Crippen LogP contribution in [0.15, 0.2) is 24.3 Å². The van der Waals surface area contributed by atoms with Gasteiger partial charge in [-0.25, -0.2) is 10.9 Å². The Morgan fingerprint density at radius 1 is 0.787 bits per heavy atom. The van der Waals surface area contributed by atoms with Crippen LogP contribution in [0.25, 0.3) is 0 Å². The molecule has 0 bridgehead atoms. The summed E-state index contributed by atoms with van der Waals surface area (Å²) in [6, 6.07) is 4.26. The number of hydrogen-bond acceptors (Lipinski definition) is 14. The highest BCUT2D eigenvalue weighted by Crippen LogP contribution is 2.09. The summed E-state index contributed by atoms with van der Waals surface area (Å²) in [5, 5.41) is 18.9. The molecule has 0 fully saturated rings. The monoisotopic (exact) mass is 663 g/mol. The summed E-state index contributed by atoms with van der Waals surface area (Å²) < 4.78 is 0. The Bertz CT molecular complexity index is 1120. The summed E-state index contributed by atoms with van der Waals surface area (Å²) in [4.78, 5) is 52.5. The van der Waals surface area contributed by atoms with Crippen molar-refractivity contribution in [1.29, 1.82) is 5.41 Å². The quantitative estimate of drug-likeness (QED) is 0.0117. The van der Waals surface area contributed by atoms with E-state index in [9.17, 15) is 19.2 Å². The van der Waals surface area contributed by atoms with Gasteiger partial charge in [0.2, 0.25) is 23.4 Å². The molecule has 0 aliphatic rings. The van der Waals surface area contributed by atoms with E-state index in [-0.39, 0.29) is 37.0 Å². The predicted octanol–water partition coefficient (Wildman–Crippen LogP) is -3.03. The molecule has 0 spiro atoms. The molecule has 266 valence electrons. The predicted molar refractivity (Wildman–Crippen MR) is 182 cm³/mol. The zero-order chi connectivity index (χ0) is 35.4. The number of nitrogens with two attached hydrogens (primary N) is 6. The van der Waals surface area contributed by atoms with Crippen LogP contribution >= 0.6 is 0 Å². The molecule has 3 atom stereocenters. The average Bonchev–Trinajstić information content (AvgIpc) is 3.01. The van der Waals surface area contributed by atoms with E-state index in [0.29, 0.717) is 57.3 Å². The number of carbonyl (C=O) groups excluding carboxylic acids is 4. The number of hydrogen-bond donors (Lipinski definition) is 13. The molecule has 17 nitrogen and oxygen atoms in total. The first kappa shape index (κ1) is 41.6. The Hall–Kier alpha value is -3.39. The smallest absolute Gasteiger partial charge is 0.239 e. The average molecular weight is 664 g/mol. The Labute approximate surface area is 277 Å². The van der Waals surface area contributed by atoms with Crippen LogP contribution in [0.3, 0.4) is 0 Å². The van der Waals surface area contributed by atoms with Gasteiger partial charge in [0.1, 0.15) is 24.5 Å². The molecule has 47 heavy (non-hydrogen) atoms. The molecule has 1 aromatic rings. The van der Waals surface area contributed by atoms with Gasteiger partial charge in [0.25, 0.3) is 0 Å². The minimum absolute atomic E-state index is 0.0450. The zero-order valence-electron chi connectivity index (χ0n) is 27.6. The fourth-order valence-corrected chi connectivity index (χ4v) is 4.54. The first-order chi connectivity index (χ1) is 22.3. The van der Waals surface area contributed by atoms with Crippen molar-refractivity contribution in [3.63, 3.8) is 0 Å². The van der Waals surface area contributed by atoms with E-state index in [1.54, 1.807) is 24.3 Å². The lowest BCUT2D eigenvalue weighted by atomic mass is 9.98. The van der Waals surface area contributed by atoms with Crippen LogP contribution in [0.5, 0.6) is 0 Å². The van der Waals surface area contributed by atoms with Crippen molar-refractivity contribution >= 4 is 29.2 Å². The summed E-state index contributed by atoms with van der Waals surface area (Å²) in [7, 11) is 0. The number of rotatable bonds is 26. The summed E-state index contributed by atoms with van der Waals surface area (Å²) in [5.74, 6) is -2.40. The maximum atomic E-state index is 13.5. The van der Waals surface area contributed by atoms with Crippen molar-refractivity contribution in [2.24, 2.45) is 40.3 Å². The largest absolute Gasteiger partial charge is 0.384 e. The minimum Gasteiger partial charge on any atom is -0.384 e. The van der Waals surface area contributed by atoms with E-state index in [1.165, 1.54) is 0 Å². The van der Waals surface area contributed by atoms with Gasteiger partial charge < -0.3 is 45.0 Å². The molecule has 0 saturated carbocycles. The van der Waals surface area contributed by atoms with E-state index in [0.717, 1.165) is 5.56 Å². The fraction of sp³-hybridized carbons (Fsp3) is 0.633. The van der Waals surface area contributed by atoms with Crippen LogP contribution in [-0.2, 0) is 25.7 Å². The van der Waals surface area contributed by atoms with Crippen LogP contribution in [0.1, 0.15) is 69.9 Å². The highest BCUT2D eigenvalue weighted by molar-refractivity contribution is 6.39. The molecule has 0 aromatic heterocycles. The number of amidine groups is 1. The Kier molecular flexibility index (Phi) is 20.4. The Morgan fingerprint density at radius 2 is 1.36 bits per heavy atom. The topological polar surface area (TPSA) is 320 Å². The number of ketones is 2. The number of benzene rings is 1. The van der Waals surface area contributed by atoms with Crippen molar-refractivity contribution in [2.45, 2.75) is 96.0 Å². The van der Waals surface area contributed by atoms with Crippen molar-refractivity contribution in [2.75, 3.05) is 19.6 Å². The summed E-state index contributed by atoms with van der Waals surface area (Å²) in [5.41, 5.74) is 40.6. The van der Waals surface area contributed by atoms with Gasteiger partial charge in [-0.05, 0) is 69.6 Å². The van der Waals surface area contributed by atoms with E-state index >= 15 is 0 Å². The van der Waals surface area contributed by atoms with Crippen LogP contribution in [0, 0.1) is 11.3 Å². The Morgan fingerprint density at radius 3 is 1.87 bits per heavy atom. The fourth-order valence-electron chi connectivity index (χ4n) is 4.54. The number of nitrogens with one attached hydrogen (secondary N) is 7. The number of unbranched alkanes of at least 4 members (excludes halogenated alkanes) is 1. The zero-order valence-corrected chi connectivity index (χ0v) is 27.6. The molecule has 0 unspecified atom stereocenters. The second-order valence-electron chi connectivity index (χ2n) is 11.7. The normalized spacial score (nSPS) is 13.4. The number of carbonyl (C=O) groups is 4. The van der Waals surface area contributed by atoms with Crippen LogP contribution in [0.4, 0.5) is 0 Å². The van der Waals surface area contributed by atoms with Crippen LogP contribution < -0.4 is 66.5 Å². The van der Waals surface area contributed by atoms with E-state index in [1.807, 2.05) is 13.8 Å². The molecule has 0 heterocycles. The highest BCUT2D eigenvalue weighted by Gasteiger charge is 2.31. The van der Waals surface area contributed by atoms with Gasteiger partial charge in [-0.15, -0.1) is 0 Å². The van der Waals surface area contributed by atoms with Crippen molar-refractivity contribution in [3.8, 4) is 0 Å². The van der Waals surface area contributed by atoms with Gasteiger partial charge in [-0.1, -0.05) is 38.1 Å². The third kappa shape index (κ3) is 17.4. The van der Waals surface area contributed by atoms with Gasteiger partial charge in [0.05, 0.1) is 12.1 Å². The lowest BCUT2D eigenvalue weighted by Gasteiger charge is -2.28. The third-order valence-corrected chi connectivity index (χ3v) is 7.28. The Balaban J connectivity index is 2.99. The van der Waals surface area contributed by atoms with Gasteiger partial charge in [-0.3, -0.25) is 35.2 Å². The first-order valence-corrected chi connectivity index (χ1v) is 16.0. The molecule has 19 N–H and O–H groups in total. The molecular weight excluding hydrogens is 606 g/mol. The van der Waals surface area contributed by atoms with Crippen LogP contribution in [-0.4, -0.2) is 79.6 Å². The number of nitrogen functional groups attached to an aromatic ring is 1. The number of hydrazine groups is 1. The van der Waals surface area contributed by atoms with Gasteiger partial charge >= 0.3 is 0 Å². The van der Waals surface area contributed by atoms with Gasteiger partial charge in [-0.2, -0.15) is 0 Å². The van der Waals surface area contributed by atoms with E-state index in [4.69, 9.17) is 39.8 Å². The lowest BCUT2D eigenvalue weighted by molar-refractivity contribution is -0.139. The van der Waals surface area contributed by atoms with Crippen molar-refractivity contribution < 1.29 is 19.2 Å². The maximum Gasteiger partial charge on any atom is 0.239 e. The maximum absolute atomic E-state index is 13.5. The summed E-state index contributed by atoms with van der Waals surface area (Å²) in [6.07, 6.45) is 1.21. The molecule has 0 radical (unpaired) electrons. The molecule has 0 aliphatic carbocycles. The third-order valence-electron chi connectivity index (χ3n) is 7.28. The molecule has 0 saturated heterocycles. The minimum atomic E-state index is -1.05. The molecule has 17 heteroatoms.